The van der Waals surface area contributed by atoms with E-state index in [1.165, 1.54) is 4.90 Å². The Bertz CT molecular complexity index is 1190. The molecule has 0 aliphatic rings. The van der Waals surface area contributed by atoms with Gasteiger partial charge in [0.25, 0.3) is 0 Å². The lowest BCUT2D eigenvalue weighted by Crippen LogP contribution is -2.28. The van der Waals surface area contributed by atoms with Crippen LogP contribution in [-0.2, 0) is 17.8 Å². The molecule has 0 bridgehead atoms. The highest BCUT2D eigenvalue weighted by Crippen LogP contribution is 2.32. The summed E-state index contributed by atoms with van der Waals surface area (Å²) in [5, 5.41) is 18.2. The fourth-order valence-corrected chi connectivity index (χ4v) is 3.32. The molecule has 10 nitrogen and oxygen atoms in total. The molecule has 0 fully saturated rings. The summed E-state index contributed by atoms with van der Waals surface area (Å²) in [7, 11) is 3.39. The normalized spacial score (nSPS) is 10.5. The van der Waals surface area contributed by atoms with Gasteiger partial charge in [-0.05, 0) is 47.2 Å². The van der Waals surface area contributed by atoms with Gasteiger partial charge >= 0.3 is 12.1 Å². The third kappa shape index (κ3) is 5.94. The molecular weight excluding hydrogens is 424 g/mol. The number of nitrogens with one attached hydrogen (secondary N) is 3. The average molecular weight is 450 g/mol. The van der Waals surface area contributed by atoms with Gasteiger partial charge in [0.05, 0.1) is 12.1 Å². The first-order valence-electron chi connectivity index (χ1n) is 10.4. The van der Waals surface area contributed by atoms with E-state index < -0.39 is 6.09 Å². The summed E-state index contributed by atoms with van der Waals surface area (Å²) in [5.74, 6) is 0.298. The number of pyridine rings is 2. The maximum atomic E-state index is 12.1. The molecule has 0 radical (unpaired) electrons. The summed E-state index contributed by atoms with van der Waals surface area (Å²) in [6.07, 6.45) is 2.30. The van der Waals surface area contributed by atoms with E-state index in [2.05, 4.69) is 25.9 Å². The predicted octanol–water partition coefficient (Wildman–Crippen LogP) is 2.84. The van der Waals surface area contributed by atoms with Gasteiger partial charge in [0.15, 0.2) is 0 Å². The Kier molecular flexibility index (Phi) is 7.39. The molecule has 0 saturated heterocycles. The van der Waals surface area contributed by atoms with E-state index in [1.807, 2.05) is 31.2 Å². The molecule has 2 heterocycles. The third-order valence-corrected chi connectivity index (χ3v) is 4.96. The maximum Gasteiger partial charge on any atom is 0.404 e. The van der Waals surface area contributed by atoms with E-state index in [9.17, 15) is 14.4 Å². The minimum absolute atomic E-state index is 0.0581. The summed E-state index contributed by atoms with van der Waals surface area (Å²) in [5.41, 5.74) is 3.05. The molecule has 10 heteroatoms. The first kappa shape index (κ1) is 23.5. The number of anilines is 1. The van der Waals surface area contributed by atoms with Crippen LogP contribution < -0.4 is 16.0 Å². The van der Waals surface area contributed by atoms with Gasteiger partial charge in [-0.25, -0.2) is 14.6 Å². The van der Waals surface area contributed by atoms with Crippen LogP contribution in [0.5, 0.6) is 0 Å². The quantitative estimate of drug-likeness (QED) is 0.437. The lowest BCUT2D eigenvalue weighted by atomic mass is 9.96. The molecule has 3 rings (SSSR count). The Morgan fingerprint density at radius 1 is 1.03 bits per heavy atom. The van der Waals surface area contributed by atoms with E-state index in [-0.39, 0.29) is 24.9 Å². The predicted molar refractivity (Wildman–Crippen MR) is 125 cm³/mol. The molecule has 172 valence electrons. The van der Waals surface area contributed by atoms with Gasteiger partial charge < -0.3 is 20.6 Å². The second-order valence-electron chi connectivity index (χ2n) is 7.53. The van der Waals surface area contributed by atoms with Crippen LogP contribution in [0.1, 0.15) is 18.2 Å². The number of carboxylic acid groups (broad SMARTS) is 1. The average Bonchev–Trinajstić information content (AvgIpc) is 2.77. The fraction of sp³-hybridized carbons (Fsp3) is 0.261. The van der Waals surface area contributed by atoms with Gasteiger partial charge in [0.1, 0.15) is 5.82 Å². The highest BCUT2D eigenvalue weighted by molar-refractivity contribution is 6.01. The number of nitrogens with zero attached hydrogens (tertiary/aromatic N) is 3. The van der Waals surface area contributed by atoms with Crippen molar-refractivity contribution in [3.63, 3.8) is 0 Å². The Balaban J connectivity index is 2.08. The number of benzene rings is 1. The maximum absolute atomic E-state index is 12.1. The van der Waals surface area contributed by atoms with Crippen LogP contribution in [0, 0.1) is 0 Å². The first-order valence-corrected chi connectivity index (χ1v) is 10.4. The van der Waals surface area contributed by atoms with Crippen molar-refractivity contribution in [1.29, 1.82) is 0 Å². The van der Waals surface area contributed by atoms with Crippen LogP contribution in [0.2, 0.25) is 0 Å². The van der Waals surface area contributed by atoms with Crippen LogP contribution in [0.15, 0.2) is 42.7 Å². The minimum atomic E-state index is -1.13. The first-order chi connectivity index (χ1) is 15.8. The lowest BCUT2D eigenvalue weighted by Gasteiger charge is -2.14. The van der Waals surface area contributed by atoms with Crippen LogP contribution in [0.3, 0.4) is 0 Å². The van der Waals surface area contributed by atoms with E-state index >= 15 is 0 Å². The molecule has 0 unspecified atom stereocenters. The van der Waals surface area contributed by atoms with E-state index in [4.69, 9.17) is 5.11 Å². The van der Waals surface area contributed by atoms with Crippen molar-refractivity contribution in [3.8, 4) is 11.1 Å². The molecule has 4 amide bonds. The van der Waals surface area contributed by atoms with Crippen molar-refractivity contribution in [2.75, 3.05) is 26.0 Å². The SMILES string of the molecule is CCNC(=O)Nc1cc2c(-c3ccnc(CC(=O)N(C)C)c3)ccc(CNC(=O)O)c2cn1. The van der Waals surface area contributed by atoms with E-state index in [0.717, 1.165) is 27.5 Å². The number of carbonyl (C=O) groups is 3. The van der Waals surface area contributed by atoms with Crippen LogP contribution >= 0.6 is 0 Å². The van der Waals surface area contributed by atoms with Gasteiger partial charge in [-0.15, -0.1) is 0 Å². The second-order valence-corrected chi connectivity index (χ2v) is 7.53. The molecule has 3 aromatic rings. The van der Waals surface area contributed by atoms with Crippen molar-refractivity contribution >= 4 is 34.6 Å². The zero-order chi connectivity index (χ0) is 24.0. The summed E-state index contributed by atoms with van der Waals surface area (Å²) < 4.78 is 0. The van der Waals surface area contributed by atoms with Crippen LogP contribution in [-0.4, -0.2) is 58.6 Å². The van der Waals surface area contributed by atoms with Crippen molar-refractivity contribution in [1.82, 2.24) is 25.5 Å². The number of hydrogen-bond acceptors (Lipinski definition) is 5. The van der Waals surface area contributed by atoms with Crippen molar-refractivity contribution in [2.45, 2.75) is 19.9 Å². The highest BCUT2D eigenvalue weighted by Gasteiger charge is 2.13. The topological polar surface area (TPSA) is 137 Å². The second kappa shape index (κ2) is 10.4. The van der Waals surface area contributed by atoms with Crippen LogP contribution in [0.4, 0.5) is 15.4 Å². The Morgan fingerprint density at radius 3 is 2.52 bits per heavy atom. The third-order valence-electron chi connectivity index (χ3n) is 4.96. The number of amides is 4. The minimum Gasteiger partial charge on any atom is -0.465 e. The lowest BCUT2D eigenvalue weighted by molar-refractivity contribution is -0.128. The number of fused-ring (bicyclic) bond motifs is 1. The Hall–Kier alpha value is -4.21. The monoisotopic (exact) mass is 450 g/mol. The molecule has 0 aliphatic heterocycles. The van der Waals surface area contributed by atoms with Gasteiger partial charge in [0, 0.05) is 45.0 Å². The molecule has 1 aromatic carbocycles. The standard InChI is InChI=1S/C23H26N6O4/c1-4-24-22(31)28-20-11-18-17(6-5-15(12-27-23(32)33)19(18)13-26-20)14-7-8-25-16(9-14)10-21(30)29(2)3/h5-9,11,13,27H,4,10,12H2,1-3H3,(H,32,33)(H2,24,26,28,31). The van der Waals surface area contributed by atoms with Gasteiger partial charge in [-0.2, -0.15) is 0 Å². The summed E-state index contributed by atoms with van der Waals surface area (Å²) >= 11 is 0. The highest BCUT2D eigenvalue weighted by atomic mass is 16.4. The molecule has 0 spiro atoms. The summed E-state index contributed by atoms with van der Waals surface area (Å²) in [4.78, 5) is 45.2. The van der Waals surface area contributed by atoms with Crippen molar-refractivity contribution in [2.24, 2.45) is 0 Å². The molecule has 4 N–H and O–H groups in total. The van der Waals surface area contributed by atoms with E-state index in [0.29, 0.717) is 18.1 Å². The number of rotatable bonds is 7. The number of hydrogen-bond donors (Lipinski definition) is 4. The molecule has 0 atom stereocenters. The van der Waals surface area contributed by atoms with Crippen molar-refractivity contribution < 1.29 is 19.5 Å². The molecule has 2 aromatic heterocycles. The molecule has 0 aliphatic carbocycles. The van der Waals surface area contributed by atoms with Gasteiger partial charge in [0.2, 0.25) is 5.91 Å². The zero-order valence-corrected chi connectivity index (χ0v) is 18.7. The van der Waals surface area contributed by atoms with Crippen molar-refractivity contribution in [3.05, 3.63) is 54.0 Å². The Labute approximate surface area is 191 Å². The number of carbonyl (C=O) groups excluding carboxylic acids is 2. The number of likely N-dealkylation sites (N-methyl/N-ethyl adjacent to an activating group) is 1. The summed E-state index contributed by atoms with van der Waals surface area (Å²) in [6.45, 7) is 2.40. The Morgan fingerprint density at radius 2 is 1.82 bits per heavy atom. The summed E-state index contributed by atoms with van der Waals surface area (Å²) in [6, 6.07) is 8.77. The number of urea groups is 1. The molecule has 0 saturated carbocycles. The number of aromatic nitrogens is 2. The van der Waals surface area contributed by atoms with E-state index in [1.54, 1.807) is 32.6 Å². The van der Waals surface area contributed by atoms with Gasteiger partial charge in [-0.3, -0.25) is 15.1 Å². The molecular formula is C23H26N6O4. The van der Waals surface area contributed by atoms with Gasteiger partial charge in [-0.1, -0.05) is 12.1 Å². The fourth-order valence-electron chi connectivity index (χ4n) is 3.32. The zero-order valence-electron chi connectivity index (χ0n) is 18.7. The smallest absolute Gasteiger partial charge is 0.404 e. The van der Waals surface area contributed by atoms with Crippen LogP contribution in [0.25, 0.3) is 21.9 Å². The molecule has 33 heavy (non-hydrogen) atoms. The largest absolute Gasteiger partial charge is 0.465 e.